The lowest BCUT2D eigenvalue weighted by atomic mass is 9.77. The Morgan fingerprint density at radius 3 is 2.02 bits per heavy atom. The predicted molar refractivity (Wildman–Crippen MR) is 173 cm³/mol. The second-order valence-corrected chi connectivity index (χ2v) is 11.8. The van der Waals surface area contributed by atoms with E-state index in [2.05, 4.69) is 128 Å². The van der Waals surface area contributed by atoms with Crippen LogP contribution in [0.5, 0.6) is 0 Å². The molecule has 2 nitrogen and oxygen atoms in total. The van der Waals surface area contributed by atoms with Gasteiger partial charge in [-0.05, 0) is 72.8 Å². The van der Waals surface area contributed by atoms with E-state index in [4.69, 9.17) is 4.98 Å². The zero-order valence-corrected chi connectivity index (χ0v) is 22.9. The normalized spacial score (nSPS) is 13.8. The first kappa shape index (κ1) is 22.7. The molecule has 2 heteroatoms. The van der Waals surface area contributed by atoms with E-state index >= 15 is 0 Å². The van der Waals surface area contributed by atoms with Gasteiger partial charge in [0.05, 0.1) is 16.7 Å². The zero-order valence-electron chi connectivity index (χ0n) is 22.9. The lowest BCUT2D eigenvalue weighted by molar-refractivity contribution is 0.672. The Hall–Kier alpha value is -5.08. The molecule has 0 amide bonds. The van der Waals surface area contributed by atoms with Gasteiger partial charge in [-0.1, -0.05) is 111 Å². The van der Waals surface area contributed by atoms with Gasteiger partial charge in [-0.2, -0.15) is 0 Å². The molecule has 41 heavy (non-hydrogen) atoms. The maximum Gasteiger partial charge on any atom is 0.0972 e. The van der Waals surface area contributed by atoms with Crippen LogP contribution in [0.2, 0.25) is 0 Å². The Kier molecular flexibility index (Phi) is 4.42. The second kappa shape index (κ2) is 7.99. The molecular weight excluding hydrogens is 496 g/mol. The molecule has 0 fully saturated rings. The van der Waals surface area contributed by atoms with E-state index in [-0.39, 0.29) is 5.41 Å². The van der Waals surface area contributed by atoms with Crippen LogP contribution in [0.1, 0.15) is 25.0 Å². The van der Waals surface area contributed by atoms with E-state index < -0.39 is 0 Å². The Morgan fingerprint density at radius 1 is 0.512 bits per heavy atom. The van der Waals surface area contributed by atoms with E-state index in [1.54, 1.807) is 0 Å². The fourth-order valence-electron chi connectivity index (χ4n) is 7.45. The molecule has 0 bridgehead atoms. The molecule has 0 aliphatic heterocycles. The highest BCUT2D eigenvalue weighted by atomic mass is 14.7. The molecule has 0 unspecified atom stereocenters. The summed E-state index contributed by atoms with van der Waals surface area (Å²) in [4.78, 5) is 9.77. The van der Waals surface area contributed by atoms with Crippen LogP contribution in [0, 0.1) is 0 Å². The Labute approximate surface area is 237 Å². The number of aromatic nitrogens is 2. The van der Waals surface area contributed by atoms with Crippen molar-refractivity contribution in [2.75, 3.05) is 0 Å². The average Bonchev–Trinajstić information content (AvgIpc) is 3.28. The minimum Gasteiger partial charge on any atom is -0.254 e. The third-order valence-electron chi connectivity index (χ3n) is 9.20. The van der Waals surface area contributed by atoms with Crippen molar-refractivity contribution in [3.8, 4) is 22.4 Å². The Balaban J connectivity index is 1.28. The maximum atomic E-state index is 5.12. The number of pyridine rings is 2. The quantitative estimate of drug-likeness (QED) is 0.200. The average molecular weight is 523 g/mol. The zero-order chi connectivity index (χ0) is 27.3. The minimum atomic E-state index is -0.138. The topological polar surface area (TPSA) is 25.8 Å². The summed E-state index contributed by atoms with van der Waals surface area (Å²) < 4.78 is 0. The van der Waals surface area contributed by atoms with Crippen LogP contribution in [0.4, 0.5) is 0 Å². The molecule has 0 saturated carbocycles. The SMILES string of the molecule is CC1(C)c2c(ccc3cc(-c4ccc5ccc6cccnc6c5n4)ccc23)-c2c1c1ccccc1c1ccccc21. The number of nitrogens with zero attached hydrogens (tertiary/aromatic N) is 2. The van der Waals surface area contributed by atoms with Crippen LogP contribution < -0.4 is 0 Å². The largest absolute Gasteiger partial charge is 0.254 e. The molecule has 0 radical (unpaired) electrons. The molecular formula is C39H26N2. The van der Waals surface area contributed by atoms with Gasteiger partial charge in [0, 0.05) is 27.9 Å². The summed E-state index contributed by atoms with van der Waals surface area (Å²) in [6.07, 6.45) is 1.85. The summed E-state index contributed by atoms with van der Waals surface area (Å²) in [5.41, 5.74) is 9.45. The van der Waals surface area contributed by atoms with E-state index in [0.29, 0.717) is 0 Å². The first-order valence-corrected chi connectivity index (χ1v) is 14.3. The molecule has 6 aromatic carbocycles. The van der Waals surface area contributed by atoms with Crippen molar-refractivity contribution in [1.29, 1.82) is 0 Å². The number of hydrogen-bond acceptors (Lipinski definition) is 2. The van der Waals surface area contributed by atoms with Crippen molar-refractivity contribution in [1.82, 2.24) is 9.97 Å². The summed E-state index contributed by atoms with van der Waals surface area (Å²) in [7, 11) is 0. The monoisotopic (exact) mass is 522 g/mol. The molecule has 0 saturated heterocycles. The van der Waals surface area contributed by atoms with Crippen LogP contribution >= 0.6 is 0 Å². The second-order valence-electron chi connectivity index (χ2n) is 11.8. The number of rotatable bonds is 1. The summed E-state index contributed by atoms with van der Waals surface area (Å²) in [5, 5.41) is 10.1. The third-order valence-corrected chi connectivity index (χ3v) is 9.20. The van der Waals surface area contributed by atoms with E-state index in [0.717, 1.165) is 33.1 Å². The molecule has 192 valence electrons. The Morgan fingerprint density at radius 2 is 1.20 bits per heavy atom. The van der Waals surface area contributed by atoms with Crippen LogP contribution in [0.3, 0.4) is 0 Å². The smallest absolute Gasteiger partial charge is 0.0972 e. The van der Waals surface area contributed by atoms with Crippen LogP contribution in [-0.4, -0.2) is 9.97 Å². The van der Waals surface area contributed by atoms with E-state index in [1.165, 1.54) is 54.6 Å². The summed E-state index contributed by atoms with van der Waals surface area (Å²) in [5.74, 6) is 0. The molecule has 0 N–H and O–H groups in total. The maximum absolute atomic E-state index is 5.12. The molecule has 0 atom stereocenters. The summed E-state index contributed by atoms with van der Waals surface area (Å²) in [6.45, 7) is 4.80. The molecule has 2 aromatic heterocycles. The minimum absolute atomic E-state index is 0.138. The highest BCUT2D eigenvalue weighted by Crippen LogP contribution is 2.56. The van der Waals surface area contributed by atoms with Crippen molar-refractivity contribution in [2.45, 2.75) is 19.3 Å². The van der Waals surface area contributed by atoms with Gasteiger partial charge in [-0.25, -0.2) is 4.98 Å². The number of hydrogen-bond donors (Lipinski definition) is 0. The lowest BCUT2D eigenvalue weighted by Gasteiger charge is -2.25. The van der Waals surface area contributed by atoms with Gasteiger partial charge in [-0.3, -0.25) is 4.98 Å². The van der Waals surface area contributed by atoms with Crippen molar-refractivity contribution in [3.63, 3.8) is 0 Å². The van der Waals surface area contributed by atoms with Gasteiger partial charge in [0.2, 0.25) is 0 Å². The van der Waals surface area contributed by atoms with Crippen molar-refractivity contribution in [2.24, 2.45) is 0 Å². The molecule has 0 spiro atoms. The lowest BCUT2D eigenvalue weighted by Crippen LogP contribution is -2.16. The van der Waals surface area contributed by atoms with Crippen molar-refractivity contribution < 1.29 is 0 Å². The first-order chi connectivity index (χ1) is 20.1. The number of fused-ring (bicyclic) bond motifs is 13. The van der Waals surface area contributed by atoms with Crippen molar-refractivity contribution in [3.05, 3.63) is 133 Å². The van der Waals surface area contributed by atoms with Crippen molar-refractivity contribution >= 4 is 54.1 Å². The van der Waals surface area contributed by atoms with Crippen LogP contribution in [0.15, 0.2) is 121 Å². The van der Waals surface area contributed by atoms with Gasteiger partial charge in [-0.15, -0.1) is 0 Å². The number of benzene rings is 6. The van der Waals surface area contributed by atoms with Gasteiger partial charge in [0.25, 0.3) is 0 Å². The standard InChI is InChI=1S/C39H26N2/c1-39(2)35-27-18-16-26(33-20-17-24-14-13-23-8-7-21-40-37(23)38(24)41-33)22-25(27)15-19-32(35)34-30-11-5-3-9-28(30)29-10-4-6-12-31(29)36(34)39/h3-22H,1-2H3. The summed E-state index contributed by atoms with van der Waals surface area (Å²) >= 11 is 0. The third kappa shape index (κ3) is 3.02. The molecule has 9 rings (SSSR count). The van der Waals surface area contributed by atoms with Gasteiger partial charge < -0.3 is 0 Å². The highest BCUT2D eigenvalue weighted by Gasteiger charge is 2.39. The van der Waals surface area contributed by atoms with E-state index in [1.807, 2.05) is 12.3 Å². The Bertz CT molecular complexity index is 2400. The fourth-order valence-corrected chi connectivity index (χ4v) is 7.45. The van der Waals surface area contributed by atoms with Gasteiger partial charge >= 0.3 is 0 Å². The molecule has 1 aliphatic carbocycles. The van der Waals surface area contributed by atoms with Gasteiger partial charge in [0.1, 0.15) is 0 Å². The van der Waals surface area contributed by atoms with Crippen LogP contribution in [-0.2, 0) is 5.41 Å². The fraction of sp³-hybridized carbons (Fsp3) is 0.0769. The summed E-state index contributed by atoms with van der Waals surface area (Å²) in [6, 6.07) is 41.9. The molecule has 1 aliphatic rings. The predicted octanol–water partition coefficient (Wildman–Crippen LogP) is 10.2. The first-order valence-electron chi connectivity index (χ1n) is 14.3. The van der Waals surface area contributed by atoms with E-state index in [9.17, 15) is 0 Å². The highest BCUT2D eigenvalue weighted by molar-refractivity contribution is 6.19. The van der Waals surface area contributed by atoms with Gasteiger partial charge in [0.15, 0.2) is 0 Å². The molecule has 2 heterocycles. The molecule has 8 aromatic rings. The van der Waals surface area contributed by atoms with Crippen LogP contribution in [0.25, 0.3) is 76.5 Å².